The van der Waals surface area contributed by atoms with Crippen molar-refractivity contribution < 1.29 is 29.7 Å². The lowest BCUT2D eigenvalue weighted by atomic mass is 10.0. The molecule has 2 rings (SSSR count). The number of aromatic nitrogens is 2. The largest absolute Gasteiger partial charge is 0.478 e. The van der Waals surface area contributed by atoms with E-state index in [0.717, 1.165) is 37.0 Å². The number of benzene rings is 1. The fraction of sp³-hybridized carbons (Fsp3) is 0.500. The van der Waals surface area contributed by atoms with Gasteiger partial charge in [-0.05, 0) is 24.6 Å². The maximum atomic E-state index is 10.6. The molecular weight excluding hydrogens is 450 g/mol. The molecule has 0 aliphatic rings. The summed E-state index contributed by atoms with van der Waals surface area (Å²) in [7, 11) is 0. The van der Waals surface area contributed by atoms with E-state index in [1.165, 1.54) is 57.8 Å². The fourth-order valence-corrected chi connectivity index (χ4v) is 3.58. The normalized spacial score (nSPS) is 10.2. The van der Waals surface area contributed by atoms with Crippen LogP contribution in [-0.2, 0) is 13.0 Å². The van der Waals surface area contributed by atoms with Gasteiger partial charge in [0.25, 0.3) is 0 Å². The number of aromatic carboxylic acids is 3. The molecule has 9 heteroatoms. The van der Waals surface area contributed by atoms with E-state index in [-0.39, 0.29) is 5.56 Å². The standard InChI is InChI=1S/C17H29N3.C9H6O6/c1-2-3-4-5-6-7-8-9-10-12-17-19-14-16-20(17)15-11-13-18;10-7(11)4-1-2-5(8(12)13)6(3-4)9(14)15/h14,16H,2-12,15H2,1H3;1-3H,(H,10,11)(H,12,13)(H,14,15). The Morgan fingerprint density at radius 1 is 0.886 bits per heavy atom. The van der Waals surface area contributed by atoms with Gasteiger partial charge in [-0.25, -0.2) is 19.4 Å². The van der Waals surface area contributed by atoms with Crippen molar-refractivity contribution in [2.24, 2.45) is 0 Å². The first-order valence-corrected chi connectivity index (χ1v) is 12.0. The molecule has 1 aromatic heterocycles. The molecule has 9 nitrogen and oxygen atoms in total. The number of nitriles is 1. The van der Waals surface area contributed by atoms with Crippen LogP contribution in [0.4, 0.5) is 0 Å². The van der Waals surface area contributed by atoms with Gasteiger partial charge in [-0.2, -0.15) is 5.26 Å². The van der Waals surface area contributed by atoms with Crippen LogP contribution in [0, 0.1) is 11.3 Å². The highest BCUT2D eigenvalue weighted by Gasteiger charge is 2.18. The first-order chi connectivity index (χ1) is 16.8. The lowest BCUT2D eigenvalue weighted by molar-refractivity contribution is 0.0649. The lowest BCUT2D eigenvalue weighted by Gasteiger charge is -2.05. The van der Waals surface area contributed by atoms with E-state index in [9.17, 15) is 14.4 Å². The SMILES string of the molecule is CCCCCCCCCCCc1nccn1CCC#N.O=C(O)c1ccc(C(=O)O)c(C(=O)O)c1. The summed E-state index contributed by atoms with van der Waals surface area (Å²) in [6.07, 6.45) is 17.7. The fourth-order valence-electron chi connectivity index (χ4n) is 3.58. The molecule has 0 atom stereocenters. The highest BCUT2D eigenvalue weighted by Crippen LogP contribution is 2.13. The number of carbonyl (C=O) groups is 3. The highest BCUT2D eigenvalue weighted by atomic mass is 16.4. The molecular formula is C26H35N3O6. The van der Waals surface area contributed by atoms with Crippen molar-refractivity contribution in [1.29, 1.82) is 5.26 Å². The second kappa shape index (κ2) is 16.9. The van der Waals surface area contributed by atoms with E-state index in [2.05, 4.69) is 22.5 Å². The molecule has 0 fully saturated rings. The van der Waals surface area contributed by atoms with Crippen molar-refractivity contribution in [2.75, 3.05) is 0 Å². The molecule has 0 saturated heterocycles. The van der Waals surface area contributed by atoms with Crippen molar-refractivity contribution in [2.45, 2.75) is 84.1 Å². The Kier molecular flexibility index (Phi) is 14.2. The Morgan fingerprint density at radius 2 is 1.49 bits per heavy atom. The summed E-state index contributed by atoms with van der Waals surface area (Å²) >= 11 is 0. The summed E-state index contributed by atoms with van der Waals surface area (Å²) in [5, 5.41) is 34.5. The predicted molar refractivity (Wildman–Crippen MR) is 131 cm³/mol. The predicted octanol–water partition coefficient (Wildman–Crippen LogP) is 5.65. The molecule has 1 heterocycles. The van der Waals surface area contributed by atoms with Gasteiger partial charge >= 0.3 is 17.9 Å². The second-order valence-corrected chi connectivity index (χ2v) is 8.20. The van der Waals surface area contributed by atoms with E-state index in [0.29, 0.717) is 6.42 Å². The van der Waals surface area contributed by atoms with Gasteiger partial charge < -0.3 is 19.9 Å². The molecule has 2 aromatic rings. The number of unbranched alkanes of at least 4 members (excludes halogenated alkanes) is 8. The summed E-state index contributed by atoms with van der Waals surface area (Å²) in [6, 6.07) is 5.00. The molecule has 0 unspecified atom stereocenters. The van der Waals surface area contributed by atoms with Gasteiger partial charge in [-0.3, -0.25) is 0 Å². The van der Waals surface area contributed by atoms with E-state index < -0.39 is 29.0 Å². The van der Waals surface area contributed by atoms with Gasteiger partial charge in [0.05, 0.1) is 29.2 Å². The van der Waals surface area contributed by atoms with Crippen LogP contribution in [0.1, 0.15) is 108 Å². The minimum Gasteiger partial charge on any atom is -0.478 e. The monoisotopic (exact) mass is 485 g/mol. The summed E-state index contributed by atoms with van der Waals surface area (Å²) in [5.74, 6) is -3.06. The molecule has 0 radical (unpaired) electrons. The topological polar surface area (TPSA) is 154 Å². The number of aryl methyl sites for hydroxylation is 2. The zero-order valence-electron chi connectivity index (χ0n) is 20.3. The summed E-state index contributed by atoms with van der Waals surface area (Å²) in [4.78, 5) is 36.1. The van der Waals surface area contributed by atoms with Crippen molar-refractivity contribution in [3.8, 4) is 6.07 Å². The maximum absolute atomic E-state index is 10.6. The Labute approximate surface area is 206 Å². The number of nitrogens with zero attached hydrogens (tertiary/aromatic N) is 3. The van der Waals surface area contributed by atoms with Gasteiger partial charge in [-0.15, -0.1) is 0 Å². The van der Waals surface area contributed by atoms with E-state index >= 15 is 0 Å². The van der Waals surface area contributed by atoms with Crippen molar-refractivity contribution in [3.63, 3.8) is 0 Å². The first kappa shape index (κ1) is 29.4. The number of carboxylic acids is 3. The van der Waals surface area contributed by atoms with Crippen LogP contribution in [0.3, 0.4) is 0 Å². The Bertz CT molecular complexity index is 993. The van der Waals surface area contributed by atoms with E-state index in [1.807, 2.05) is 12.4 Å². The third-order valence-corrected chi connectivity index (χ3v) is 5.50. The Hall–Kier alpha value is -3.67. The number of hydrogen-bond donors (Lipinski definition) is 3. The second-order valence-electron chi connectivity index (χ2n) is 8.20. The highest BCUT2D eigenvalue weighted by molar-refractivity contribution is 6.03. The van der Waals surface area contributed by atoms with Gasteiger partial charge in [-0.1, -0.05) is 58.3 Å². The molecule has 35 heavy (non-hydrogen) atoms. The summed E-state index contributed by atoms with van der Waals surface area (Å²) in [5.41, 5.74) is -1.24. The summed E-state index contributed by atoms with van der Waals surface area (Å²) < 4.78 is 2.12. The van der Waals surface area contributed by atoms with Gasteiger partial charge in [0.1, 0.15) is 5.82 Å². The van der Waals surface area contributed by atoms with Gasteiger partial charge in [0, 0.05) is 25.4 Å². The molecule has 0 amide bonds. The van der Waals surface area contributed by atoms with Gasteiger partial charge in [0.2, 0.25) is 0 Å². The number of hydrogen-bond acceptors (Lipinski definition) is 5. The number of imidazole rings is 1. The van der Waals surface area contributed by atoms with E-state index in [4.69, 9.17) is 20.6 Å². The van der Waals surface area contributed by atoms with Crippen LogP contribution < -0.4 is 0 Å². The Morgan fingerprint density at radius 3 is 2.03 bits per heavy atom. The van der Waals surface area contributed by atoms with Crippen LogP contribution in [0.2, 0.25) is 0 Å². The van der Waals surface area contributed by atoms with Gasteiger partial charge in [0.15, 0.2) is 0 Å². The smallest absolute Gasteiger partial charge is 0.336 e. The quantitative estimate of drug-likeness (QED) is 0.273. The van der Waals surface area contributed by atoms with Crippen LogP contribution in [0.15, 0.2) is 30.6 Å². The first-order valence-electron chi connectivity index (χ1n) is 12.0. The molecule has 190 valence electrons. The van der Waals surface area contributed by atoms with Crippen LogP contribution in [-0.4, -0.2) is 42.8 Å². The number of carboxylic acid groups (broad SMARTS) is 3. The molecule has 0 aliphatic carbocycles. The van der Waals surface area contributed by atoms with Crippen LogP contribution in [0.25, 0.3) is 0 Å². The average Bonchev–Trinajstić information content (AvgIpc) is 3.28. The molecule has 0 aliphatic heterocycles. The third-order valence-electron chi connectivity index (χ3n) is 5.50. The van der Waals surface area contributed by atoms with Crippen molar-refractivity contribution >= 4 is 17.9 Å². The zero-order valence-corrected chi connectivity index (χ0v) is 20.3. The average molecular weight is 486 g/mol. The Balaban J connectivity index is 0.000000365. The minimum atomic E-state index is -1.48. The van der Waals surface area contributed by atoms with Crippen molar-refractivity contribution in [1.82, 2.24) is 9.55 Å². The lowest BCUT2D eigenvalue weighted by Crippen LogP contribution is -2.10. The maximum Gasteiger partial charge on any atom is 0.336 e. The minimum absolute atomic E-state index is 0.266. The molecule has 1 aromatic carbocycles. The van der Waals surface area contributed by atoms with Crippen LogP contribution >= 0.6 is 0 Å². The molecule has 0 bridgehead atoms. The van der Waals surface area contributed by atoms with Crippen LogP contribution in [0.5, 0.6) is 0 Å². The third kappa shape index (κ3) is 11.3. The molecule has 3 N–H and O–H groups in total. The van der Waals surface area contributed by atoms with Crippen molar-refractivity contribution in [3.05, 3.63) is 53.1 Å². The molecule has 0 spiro atoms. The zero-order chi connectivity index (χ0) is 26.1. The van der Waals surface area contributed by atoms with E-state index in [1.54, 1.807) is 0 Å². The summed E-state index contributed by atoms with van der Waals surface area (Å²) in [6.45, 7) is 3.05. The molecule has 0 saturated carbocycles. The number of rotatable bonds is 15.